The quantitative estimate of drug-likeness (QED) is 0.773. The summed E-state index contributed by atoms with van der Waals surface area (Å²) in [6.07, 6.45) is 3.08. The minimum Gasteiger partial charge on any atom is -0.467 e. The monoisotopic (exact) mass is 281 g/mol. The number of pyridine rings is 1. The molecule has 0 aliphatic heterocycles. The van der Waals surface area contributed by atoms with Gasteiger partial charge in [0, 0.05) is 11.6 Å². The number of benzene rings is 1. The second-order valence-electron chi connectivity index (χ2n) is 4.81. The van der Waals surface area contributed by atoms with Gasteiger partial charge in [-0.15, -0.1) is 0 Å². The average molecular weight is 281 g/mol. The molecule has 0 spiro atoms. The van der Waals surface area contributed by atoms with Crippen LogP contribution in [0.5, 0.6) is 0 Å². The van der Waals surface area contributed by atoms with Crippen LogP contribution in [-0.2, 0) is 0 Å². The van der Waals surface area contributed by atoms with E-state index in [0.717, 1.165) is 10.8 Å². The third-order valence-electron chi connectivity index (χ3n) is 3.39. The molecule has 0 radical (unpaired) electrons. The molecule has 3 rings (SSSR count). The van der Waals surface area contributed by atoms with Gasteiger partial charge in [-0.1, -0.05) is 24.3 Å². The molecular formula is C16H15N3O2. The van der Waals surface area contributed by atoms with Gasteiger partial charge in [0.2, 0.25) is 0 Å². The van der Waals surface area contributed by atoms with Gasteiger partial charge in [0.05, 0.1) is 17.9 Å². The Morgan fingerprint density at radius 3 is 2.71 bits per heavy atom. The summed E-state index contributed by atoms with van der Waals surface area (Å²) in [6.45, 7) is 1.86. The highest BCUT2D eigenvalue weighted by atomic mass is 16.3. The molecule has 1 aromatic carbocycles. The zero-order valence-electron chi connectivity index (χ0n) is 11.5. The van der Waals surface area contributed by atoms with E-state index in [-0.39, 0.29) is 11.9 Å². The molecule has 0 aliphatic carbocycles. The number of hydrogen-bond acceptors (Lipinski definition) is 4. The van der Waals surface area contributed by atoms with E-state index in [1.165, 1.54) is 6.20 Å². The molecular weight excluding hydrogens is 266 g/mol. The van der Waals surface area contributed by atoms with Gasteiger partial charge in [-0.25, -0.2) is 4.98 Å². The Morgan fingerprint density at radius 1 is 1.24 bits per heavy atom. The number of anilines is 1. The standard InChI is InChI=1S/C16H15N3O2/c1-10(14-7-4-8-21-14)19-16(20)13-9-18-15(17)12-6-3-2-5-11(12)13/h2-10H,1H3,(H2,17,18)(H,19,20). The first kappa shape index (κ1) is 13.2. The number of nitrogens with zero attached hydrogens (tertiary/aromatic N) is 1. The van der Waals surface area contributed by atoms with Gasteiger partial charge in [0.15, 0.2) is 0 Å². The van der Waals surface area contributed by atoms with E-state index in [1.54, 1.807) is 12.3 Å². The van der Waals surface area contributed by atoms with Crippen LogP contribution in [0.4, 0.5) is 5.82 Å². The van der Waals surface area contributed by atoms with Gasteiger partial charge in [0.25, 0.3) is 5.91 Å². The van der Waals surface area contributed by atoms with E-state index in [2.05, 4.69) is 10.3 Å². The lowest BCUT2D eigenvalue weighted by Crippen LogP contribution is -2.26. The summed E-state index contributed by atoms with van der Waals surface area (Å²) in [6, 6.07) is 10.8. The summed E-state index contributed by atoms with van der Waals surface area (Å²) in [7, 11) is 0. The molecule has 21 heavy (non-hydrogen) atoms. The van der Waals surface area contributed by atoms with E-state index in [0.29, 0.717) is 17.1 Å². The molecule has 3 N–H and O–H groups in total. The first-order chi connectivity index (χ1) is 10.2. The van der Waals surface area contributed by atoms with Crippen LogP contribution in [0, 0.1) is 0 Å². The summed E-state index contributed by atoms with van der Waals surface area (Å²) >= 11 is 0. The van der Waals surface area contributed by atoms with E-state index < -0.39 is 0 Å². The van der Waals surface area contributed by atoms with E-state index in [1.807, 2.05) is 37.3 Å². The predicted octanol–water partition coefficient (Wildman–Crippen LogP) is 2.90. The zero-order valence-corrected chi connectivity index (χ0v) is 11.5. The number of furan rings is 1. The molecule has 0 saturated heterocycles. The average Bonchev–Trinajstić information content (AvgIpc) is 3.02. The molecule has 0 bridgehead atoms. The highest BCUT2D eigenvalue weighted by Gasteiger charge is 2.16. The minimum atomic E-state index is -0.219. The van der Waals surface area contributed by atoms with Gasteiger partial charge in [-0.3, -0.25) is 4.79 Å². The number of nitrogens with two attached hydrogens (primary N) is 1. The van der Waals surface area contributed by atoms with E-state index >= 15 is 0 Å². The second kappa shape index (κ2) is 5.28. The van der Waals surface area contributed by atoms with Gasteiger partial charge >= 0.3 is 0 Å². The van der Waals surface area contributed by atoms with Crippen LogP contribution in [0.1, 0.15) is 29.1 Å². The fraction of sp³-hybridized carbons (Fsp3) is 0.125. The van der Waals surface area contributed by atoms with Gasteiger partial charge in [-0.05, 0) is 24.4 Å². The van der Waals surface area contributed by atoms with Gasteiger partial charge < -0.3 is 15.5 Å². The maximum absolute atomic E-state index is 12.4. The molecule has 0 aliphatic rings. The molecule has 2 aromatic heterocycles. The van der Waals surface area contributed by atoms with Crippen molar-refractivity contribution in [3.63, 3.8) is 0 Å². The third kappa shape index (κ3) is 2.45. The van der Waals surface area contributed by atoms with Crippen molar-refractivity contribution < 1.29 is 9.21 Å². The first-order valence-corrected chi connectivity index (χ1v) is 6.64. The highest BCUT2D eigenvalue weighted by molar-refractivity contribution is 6.09. The summed E-state index contributed by atoms with van der Waals surface area (Å²) in [5.74, 6) is 0.917. The molecule has 0 fully saturated rings. The number of carbonyl (C=O) groups is 1. The van der Waals surface area contributed by atoms with Gasteiger partial charge in [-0.2, -0.15) is 0 Å². The van der Waals surface area contributed by atoms with Crippen LogP contribution in [-0.4, -0.2) is 10.9 Å². The number of nitrogens with one attached hydrogen (secondary N) is 1. The lowest BCUT2D eigenvalue weighted by atomic mass is 10.1. The summed E-state index contributed by atoms with van der Waals surface area (Å²) < 4.78 is 5.29. The Hall–Kier alpha value is -2.82. The Bertz CT molecular complexity index is 781. The van der Waals surface area contributed by atoms with Crippen molar-refractivity contribution in [3.05, 3.63) is 60.2 Å². The van der Waals surface area contributed by atoms with Crippen LogP contribution < -0.4 is 11.1 Å². The molecule has 106 valence electrons. The van der Waals surface area contributed by atoms with Crippen molar-refractivity contribution >= 4 is 22.5 Å². The summed E-state index contributed by atoms with van der Waals surface area (Å²) in [4.78, 5) is 16.5. The van der Waals surface area contributed by atoms with Crippen molar-refractivity contribution in [2.45, 2.75) is 13.0 Å². The van der Waals surface area contributed by atoms with Crippen molar-refractivity contribution in [2.75, 3.05) is 5.73 Å². The molecule has 1 unspecified atom stereocenters. The van der Waals surface area contributed by atoms with Crippen LogP contribution in [0.15, 0.2) is 53.3 Å². The van der Waals surface area contributed by atoms with E-state index in [9.17, 15) is 4.79 Å². The number of rotatable bonds is 3. The van der Waals surface area contributed by atoms with Crippen molar-refractivity contribution in [1.29, 1.82) is 0 Å². The SMILES string of the molecule is CC(NC(=O)c1cnc(N)c2ccccc12)c1ccco1. The molecule has 2 heterocycles. The molecule has 1 atom stereocenters. The Labute approximate surface area is 121 Å². The fourth-order valence-corrected chi connectivity index (χ4v) is 2.28. The number of amides is 1. The number of fused-ring (bicyclic) bond motifs is 1. The van der Waals surface area contributed by atoms with Crippen LogP contribution in [0.2, 0.25) is 0 Å². The maximum atomic E-state index is 12.4. The maximum Gasteiger partial charge on any atom is 0.254 e. The lowest BCUT2D eigenvalue weighted by molar-refractivity contribution is 0.0937. The Morgan fingerprint density at radius 2 is 2.00 bits per heavy atom. The largest absolute Gasteiger partial charge is 0.467 e. The van der Waals surface area contributed by atoms with Crippen LogP contribution >= 0.6 is 0 Å². The number of hydrogen-bond donors (Lipinski definition) is 2. The third-order valence-corrected chi connectivity index (χ3v) is 3.39. The molecule has 1 amide bonds. The molecule has 0 saturated carbocycles. The van der Waals surface area contributed by atoms with Gasteiger partial charge in [0.1, 0.15) is 11.6 Å². The van der Waals surface area contributed by atoms with Crippen molar-refractivity contribution in [3.8, 4) is 0 Å². The van der Waals surface area contributed by atoms with Crippen molar-refractivity contribution in [2.24, 2.45) is 0 Å². The van der Waals surface area contributed by atoms with E-state index in [4.69, 9.17) is 10.2 Å². The smallest absolute Gasteiger partial charge is 0.254 e. The summed E-state index contributed by atoms with van der Waals surface area (Å²) in [5, 5.41) is 4.46. The van der Waals surface area contributed by atoms with Crippen LogP contribution in [0.25, 0.3) is 10.8 Å². The molecule has 5 heteroatoms. The second-order valence-corrected chi connectivity index (χ2v) is 4.81. The van der Waals surface area contributed by atoms with Crippen molar-refractivity contribution in [1.82, 2.24) is 10.3 Å². The Kier molecular flexibility index (Phi) is 3.31. The number of aromatic nitrogens is 1. The summed E-state index contributed by atoms with van der Waals surface area (Å²) in [5.41, 5.74) is 6.34. The molecule has 3 aromatic rings. The zero-order chi connectivity index (χ0) is 14.8. The predicted molar refractivity (Wildman–Crippen MR) is 80.7 cm³/mol. The number of nitrogen functional groups attached to an aromatic ring is 1. The normalized spacial score (nSPS) is 12.2. The molecule has 5 nitrogen and oxygen atoms in total. The lowest BCUT2D eigenvalue weighted by Gasteiger charge is -2.13. The van der Waals surface area contributed by atoms with Crippen LogP contribution in [0.3, 0.4) is 0 Å². The minimum absolute atomic E-state index is 0.206. The number of carbonyl (C=O) groups excluding carboxylic acids is 1. The fourth-order valence-electron chi connectivity index (χ4n) is 2.28. The Balaban J connectivity index is 1.93. The highest BCUT2D eigenvalue weighted by Crippen LogP contribution is 2.23. The first-order valence-electron chi connectivity index (χ1n) is 6.64. The topological polar surface area (TPSA) is 81.2 Å².